The molecule has 4 nitrogen and oxygen atoms in total. The van der Waals surface area contributed by atoms with Gasteiger partial charge in [0.1, 0.15) is 0 Å². The van der Waals surface area contributed by atoms with Crippen molar-refractivity contribution in [2.45, 2.75) is 19.8 Å². The minimum Gasteiger partial charge on any atom is -0.478 e. The summed E-state index contributed by atoms with van der Waals surface area (Å²) in [7, 11) is 0. The lowest BCUT2D eigenvalue weighted by molar-refractivity contribution is 0.0697. The summed E-state index contributed by atoms with van der Waals surface area (Å²) in [6, 6.07) is 4.72. The van der Waals surface area contributed by atoms with Gasteiger partial charge in [-0.1, -0.05) is 17.2 Å². The SMILES string of the molecule is CC1=C/C(=N/Nc2ccc(Cl)c(C(=O)O)c2)CC1. The second-order valence-corrected chi connectivity index (χ2v) is 4.61. The van der Waals surface area contributed by atoms with Crippen LogP contribution in [0.1, 0.15) is 30.1 Å². The molecule has 0 saturated carbocycles. The molecule has 0 fully saturated rings. The van der Waals surface area contributed by atoms with Crippen LogP contribution in [0.5, 0.6) is 0 Å². The lowest BCUT2D eigenvalue weighted by Gasteiger charge is -2.04. The summed E-state index contributed by atoms with van der Waals surface area (Å²) in [5.74, 6) is -1.05. The van der Waals surface area contributed by atoms with E-state index in [1.54, 1.807) is 12.1 Å². The van der Waals surface area contributed by atoms with Gasteiger partial charge in [-0.15, -0.1) is 0 Å². The number of hydrogen-bond acceptors (Lipinski definition) is 3. The van der Waals surface area contributed by atoms with E-state index in [-0.39, 0.29) is 10.6 Å². The highest BCUT2D eigenvalue weighted by atomic mass is 35.5. The van der Waals surface area contributed by atoms with E-state index >= 15 is 0 Å². The van der Waals surface area contributed by atoms with Crippen molar-refractivity contribution < 1.29 is 9.90 Å². The molecule has 94 valence electrons. The quantitative estimate of drug-likeness (QED) is 0.821. The maximum Gasteiger partial charge on any atom is 0.337 e. The first-order chi connectivity index (χ1) is 8.56. The van der Waals surface area contributed by atoms with Crippen LogP contribution in [0.3, 0.4) is 0 Å². The van der Waals surface area contributed by atoms with Crippen LogP contribution >= 0.6 is 11.6 Å². The van der Waals surface area contributed by atoms with E-state index in [4.69, 9.17) is 16.7 Å². The Bertz CT molecular complexity index is 550. The zero-order valence-corrected chi connectivity index (χ0v) is 10.7. The van der Waals surface area contributed by atoms with E-state index in [9.17, 15) is 4.79 Å². The zero-order valence-electron chi connectivity index (χ0n) is 9.90. The molecule has 0 spiro atoms. The van der Waals surface area contributed by atoms with E-state index < -0.39 is 5.97 Å². The molecule has 0 radical (unpaired) electrons. The first kappa shape index (κ1) is 12.6. The molecule has 2 rings (SSSR count). The van der Waals surface area contributed by atoms with Gasteiger partial charge in [0.15, 0.2) is 0 Å². The number of benzene rings is 1. The zero-order chi connectivity index (χ0) is 13.1. The normalized spacial score (nSPS) is 16.8. The summed E-state index contributed by atoms with van der Waals surface area (Å²) in [6.45, 7) is 2.06. The summed E-state index contributed by atoms with van der Waals surface area (Å²) in [5.41, 5.74) is 5.81. The van der Waals surface area contributed by atoms with Crippen molar-refractivity contribution >= 4 is 29.0 Å². The van der Waals surface area contributed by atoms with E-state index in [2.05, 4.69) is 17.5 Å². The molecule has 0 amide bonds. The molecule has 0 saturated heterocycles. The minimum atomic E-state index is -1.05. The van der Waals surface area contributed by atoms with Crippen LogP contribution in [0.25, 0.3) is 0 Å². The summed E-state index contributed by atoms with van der Waals surface area (Å²) < 4.78 is 0. The Balaban J connectivity index is 2.15. The van der Waals surface area contributed by atoms with Crippen molar-refractivity contribution in [3.8, 4) is 0 Å². The lowest BCUT2D eigenvalue weighted by Crippen LogP contribution is -2.00. The van der Waals surface area contributed by atoms with Crippen molar-refractivity contribution in [2.75, 3.05) is 5.43 Å². The van der Waals surface area contributed by atoms with Crippen molar-refractivity contribution in [3.05, 3.63) is 40.4 Å². The third-order valence-electron chi connectivity index (χ3n) is 2.71. The number of aromatic carboxylic acids is 1. The predicted octanol–water partition coefficient (Wildman–Crippen LogP) is 3.55. The molecule has 0 atom stereocenters. The standard InChI is InChI=1S/C13H13ClN2O2/c1-8-2-3-9(6-8)15-16-10-4-5-12(14)11(7-10)13(17)18/h4-7,16H,2-3H2,1H3,(H,17,18)/b15-9+. The maximum absolute atomic E-state index is 10.9. The van der Waals surface area contributed by atoms with Crippen LogP contribution < -0.4 is 5.43 Å². The third-order valence-corrected chi connectivity index (χ3v) is 3.04. The highest BCUT2D eigenvalue weighted by molar-refractivity contribution is 6.33. The average molecular weight is 265 g/mol. The number of carbonyl (C=O) groups is 1. The van der Waals surface area contributed by atoms with E-state index in [0.717, 1.165) is 18.6 Å². The van der Waals surface area contributed by atoms with Gasteiger partial charge in [0.2, 0.25) is 0 Å². The van der Waals surface area contributed by atoms with Crippen LogP contribution in [0.4, 0.5) is 5.69 Å². The van der Waals surface area contributed by atoms with Gasteiger partial charge in [0.05, 0.1) is 22.0 Å². The molecule has 1 aliphatic rings. The summed E-state index contributed by atoms with van der Waals surface area (Å²) in [5, 5.41) is 13.4. The smallest absolute Gasteiger partial charge is 0.337 e. The molecule has 0 aromatic heterocycles. The number of hydrogen-bond donors (Lipinski definition) is 2. The largest absolute Gasteiger partial charge is 0.478 e. The van der Waals surface area contributed by atoms with Gasteiger partial charge in [0, 0.05) is 0 Å². The Morgan fingerprint density at radius 1 is 1.44 bits per heavy atom. The van der Waals surface area contributed by atoms with Gasteiger partial charge >= 0.3 is 5.97 Å². The number of nitrogens with zero attached hydrogens (tertiary/aromatic N) is 1. The van der Waals surface area contributed by atoms with Crippen molar-refractivity contribution in [2.24, 2.45) is 5.10 Å². The minimum absolute atomic E-state index is 0.0695. The molecular weight excluding hydrogens is 252 g/mol. The molecule has 18 heavy (non-hydrogen) atoms. The number of carboxylic acids is 1. The number of hydrazone groups is 1. The fourth-order valence-electron chi connectivity index (χ4n) is 1.74. The van der Waals surface area contributed by atoms with Gasteiger partial charge in [-0.3, -0.25) is 5.43 Å². The molecule has 0 heterocycles. The number of carboxylic acid groups (broad SMARTS) is 1. The van der Waals surface area contributed by atoms with Crippen LogP contribution in [0.15, 0.2) is 34.9 Å². The van der Waals surface area contributed by atoms with Gasteiger partial charge in [0.25, 0.3) is 0 Å². The van der Waals surface area contributed by atoms with Crippen LogP contribution in [0, 0.1) is 0 Å². The molecule has 0 aliphatic heterocycles. The van der Waals surface area contributed by atoms with Gasteiger partial charge < -0.3 is 5.11 Å². The molecule has 0 unspecified atom stereocenters. The van der Waals surface area contributed by atoms with Gasteiger partial charge in [-0.25, -0.2) is 4.79 Å². The molecule has 1 aromatic carbocycles. The van der Waals surface area contributed by atoms with Crippen molar-refractivity contribution in [3.63, 3.8) is 0 Å². The lowest BCUT2D eigenvalue weighted by atomic mass is 10.2. The molecular formula is C13H13ClN2O2. The summed E-state index contributed by atoms with van der Waals surface area (Å²) in [6.07, 6.45) is 3.97. The van der Waals surface area contributed by atoms with Crippen molar-refractivity contribution in [1.82, 2.24) is 0 Å². The molecule has 5 heteroatoms. The van der Waals surface area contributed by atoms with E-state index in [1.165, 1.54) is 11.6 Å². The molecule has 2 N–H and O–H groups in total. The van der Waals surface area contributed by atoms with Gasteiger partial charge in [-0.05, 0) is 44.0 Å². The molecule has 0 bridgehead atoms. The van der Waals surface area contributed by atoms with Crippen LogP contribution in [-0.2, 0) is 0 Å². The fraction of sp³-hybridized carbons (Fsp3) is 0.231. The number of anilines is 1. The molecule has 1 aromatic rings. The number of rotatable bonds is 3. The number of nitrogens with one attached hydrogen (secondary N) is 1. The second kappa shape index (κ2) is 5.23. The Morgan fingerprint density at radius 3 is 2.83 bits per heavy atom. The topological polar surface area (TPSA) is 61.7 Å². The van der Waals surface area contributed by atoms with Crippen LogP contribution in [0.2, 0.25) is 5.02 Å². The monoisotopic (exact) mass is 264 g/mol. The Hall–Kier alpha value is -1.81. The average Bonchev–Trinajstić information content (AvgIpc) is 2.74. The first-order valence-corrected chi connectivity index (χ1v) is 5.96. The third kappa shape index (κ3) is 2.90. The number of halogens is 1. The van der Waals surface area contributed by atoms with Crippen LogP contribution in [-0.4, -0.2) is 16.8 Å². The first-order valence-electron chi connectivity index (χ1n) is 5.59. The second-order valence-electron chi connectivity index (χ2n) is 4.21. The summed E-state index contributed by atoms with van der Waals surface area (Å²) >= 11 is 5.78. The summed E-state index contributed by atoms with van der Waals surface area (Å²) in [4.78, 5) is 10.9. The Labute approximate surface area is 110 Å². The highest BCUT2D eigenvalue weighted by Gasteiger charge is 2.10. The fourth-order valence-corrected chi connectivity index (χ4v) is 1.94. The van der Waals surface area contributed by atoms with Crippen molar-refractivity contribution in [1.29, 1.82) is 0 Å². The Morgan fingerprint density at radius 2 is 2.22 bits per heavy atom. The van der Waals surface area contributed by atoms with E-state index in [0.29, 0.717) is 5.69 Å². The Kier molecular flexibility index (Phi) is 3.67. The van der Waals surface area contributed by atoms with Gasteiger partial charge in [-0.2, -0.15) is 5.10 Å². The maximum atomic E-state index is 10.9. The molecule has 1 aliphatic carbocycles. The highest BCUT2D eigenvalue weighted by Crippen LogP contribution is 2.21. The predicted molar refractivity (Wildman–Crippen MR) is 72.5 cm³/mol. The van der Waals surface area contributed by atoms with E-state index in [1.807, 2.05) is 6.08 Å². The number of allylic oxidation sites excluding steroid dienone is 2.